The van der Waals surface area contributed by atoms with Crippen LogP contribution in [0.1, 0.15) is 21.6 Å². The minimum absolute atomic E-state index is 0.136. The molecule has 0 saturated heterocycles. The van der Waals surface area contributed by atoms with Crippen molar-refractivity contribution in [3.8, 4) is 0 Å². The summed E-state index contributed by atoms with van der Waals surface area (Å²) in [6, 6.07) is 13.5. The van der Waals surface area contributed by atoms with E-state index in [9.17, 15) is 9.90 Å². The number of benzene rings is 2. The van der Waals surface area contributed by atoms with Crippen molar-refractivity contribution in [1.82, 2.24) is 9.55 Å². The number of aromatic nitrogens is 2. The second kappa shape index (κ2) is 8.27. The first-order valence-electron chi connectivity index (χ1n) is 9.54. The second-order valence-electron chi connectivity index (χ2n) is 7.37. The van der Waals surface area contributed by atoms with Crippen LogP contribution in [-0.4, -0.2) is 26.2 Å². The Morgan fingerprint density at radius 2 is 1.87 bits per heavy atom. The molecule has 0 saturated carbocycles. The smallest absolute Gasteiger partial charge is 0.175 e. The van der Waals surface area contributed by atoms with Gasteiger partial charge in [-0.1, -0.05) is 59.6 Å². The quantitative estimate of drug-likeness (QED) is 0.536. The number of aryl methyl sites for hydroxylation is 1. The van der Waals surface area contributed by atoms with E-state index >= 15 is 0 Å². The van der Waals surface area contributed by atoms with Crippen LogP contribution in [0.15, 0.2) is 84.9 Å². The number of halogens is 2. The monoisotopic (exact) mass is 451 g/mol. The highest BCUT2D eigenvalue weighted by atomic mass is 35.5. The molecule has 2 aromatic carbocycles. The van der Waals surface area contributed by atoms with Gasteiger partial charge in [0.2, 0.25) is 0 Å². The van der Waals surface area contributed by atoms with Gasteiger partial charge in [0.05, 0.1) is 24.1 Å². The number of carbonyl (C=O) groups excluding carboxylic acids is 1. The molecular formula is C24H19Cl2N3O2. The summed E-state index contributed by atoms with van der Waals surface area (Å²) in [5, 5.41) is 21.3. The molecule has 4 rings (SSSR count). The Morgan fingerprint density at radius 3 is 2.52 bits per heavy atom. The van der Waals surface area contributed by atoms with Gasteiger partial charge in [-0.15, -0.1) is 0 Å². The summed E-state index contributed by atoms with van der Waals surface area (Å²) >= 11 is 12.1. The van der Waals surface area contributed by atoms with Crippen molar-refractivity contribution < 1.29 is 9.90 Å². The van der Waals surface area contributed by atoms with Crippen molar-refractivity contribution in [2.24, 2.45) is 13.0 Å². The van der Waals surface area contributed by atoms with Crippen LogP contribution in [0.3, 0.4) is 0 Å². The molecule has 31 heavy (non-hydrogen) atoms. The molecule has 0 aliphatic heterocycles. The van der Waals surface area contributed by atoms with Gasteiger partial charge in [-0.05, 0) is 41.5 Å². The zero-order chi connectivity index (χ0) is 22.2. The largest absolute Gasteiger partial charge is 0.374 e. The third kappa shape index (κ3) is 3.88. The van der Waals surface area contributed by atoms with E-state index in [2.05, 4.69) is 4.98 Å². The van der Waals surface area contributed by atoms with Gasteiger partial charge >= 0.3 is 0 Å². The lowest BCUT2D eigenvalue weighted by Crippen LogP contribution is -2.34. The van der Waals surface area contributed by atoms with E-state index in [-0.39, 0.29) is 11.5 Å². The van der Waals surface area contributed by atoms with E-state index in [4.69, 9.17) is 28.6 Å². The Kier molecular flexibility index (Phi) is 5.67. The summed E-state index contributed by atoms with van der Waals surface area (Å²) < 4.78 is 1.72. The van der Waals surface area contributed by atoms with Crippen molar-refractivity contribution in [2.75, 3.05) is 0 Å². The van der Waals surface area contributed by atoms with E-state index in [0.717, 1.165) is 0 Å². The van der Waals surface area contributed by atoms with E-state index in [1.54, 1.807) is 90.9 Å². The summed E-state index contributed by atoms with van der Waals surface area (Å²) in [6.45, 7) is 0. The summed E-state index contributed by atoms with van der Waals surface area (Å²) in [4.78, 5) is 17.3. The highest BCUT2D eigenvalue weighted by Gasteiger charge is 2.40. The summed E-state index contributed by atoms with van der Waals surface area (Å²) in [7, 11) is 1.78. The van der Waals surface area contributed by atoms with Crippen molar-refractivity contribution in [1.29, 1.82) is 5.41 Å². The molecule has 0 spiro atoms. The van der Waals surface area contributed by atoms with Crippen molar-refractivity contribution in [2.45, 2.75) is 5.60 Å². The van der Waals surface area contributed by atoms with Crippen molar-refractivity contribution in [3.05, 3.63) is 112 Å². The first-order valence-corrected chi connectivity index (χ1v) is 10.3. The fourth-order valence-corrected chi connectivity index (χ4v) is 4.06. The third-order valence-corrected chi connectivity index (χ3v) is 5.87. The minimum Gasteiger partial charge on any atom is -0.374 e. The van der Waals surface area contributed by atoms with E-state index in [0.29, 0.717) is 32.4 Å². The van der Waals surface area contributed by atoms with Gasteiger partial charge in [-0.25, -0.2) is 4.98 Å². The number of hydrogen-bond donors (Lipinski definition) is 2. The van der Waals surface area contributed by atoms with E-state index < -0.39 is 11.5 Å². The Balaban J connectivity index is 1.85. The Hall–Kier alpha value is -2.99. The SMILES string of the molecule is Cn1cncc1C(O)(C1=CC(C(=O)c2cccc(Cl)c2)C(=N)C=C1)c1ccc(Cl)cc1. The zero-order valence-electron chi connectivity index (χ0n) is 16.6. The summed E-state index contributed by atoms with van der Waals surface area (Å²) in [6.07, 6.45) is 8.01. The molecule has 2 N–H and O–H groups in total. The van der Waals surface area contributed by atoms with Gasteiger partial charge in [0.1, 0.15) is 0 Å². The molecule has 1 aliphatic rings. The predicted molar refractivity (Wildman–Crippen MR) is 122 cm³/mol. The number of Topliss-reactive ketones (excluding diaryl/α,β-unsaturated/α-hetero) is 1. The molecule has 2 atom stereocenters. The Morgan fingerprint density at radius 1 is 1.13 bits per heavy atom. The number of nitrogens with zero attached hydrogens (tertiary/aromatic N) is 2. The third-order valence-electron chi connectivity index (χ3n) is 5.38. The van der Waals surface area contributed by atoms with Crippen LogP contribution >= 0.6 is 23.2 Å². The first-order chi connectivity index (χ1) is 14.8. The maximum absolute atomic E-state index is 13.2. The standard InChI is InChI=1S/C24H19Cl2N3O2/c1-29-14-28-13-22(29)24(31,16-5-8-18(25)9-6-16)17-7-10-21(27)20(12-17)23(30)15-3-2-4-19(26)11-15/h2-14,20,27,31H,1H3. The number of carbonyl (C=O) groups is 1. The molecule has 2 unspecified atom stereocenters. The fraction of sp³-hybridized carbons (Fsp3) is 0.125. The number of rotatable bonds is 5. The zero-order valence-corrected chi connectivity index (χ0v) is 18.1. The second-order valence-corrected chi connectivity index (χ2v) is 8.24. The number of imidazole rings is 1. The molecule has 1 heterocycles. The predicted octanol–water partition coefficient (Wildman–Crippen LogP) is 4.98. The van der Waals surface area contributed by atoms with Gasteiger partial charge in [0.25, 0.3) is 0 Å². The molecular weight excluding hydrogens is 433 g/mol. The number of aliphatic hydroxyl groups is 1. The first kappa shape index (κ1) is 21.2. The lowest BCUT2D eigenvalue weighted by molar-refractivity contribution is 0.0966. The molecule has 1 aliphatic carbocycles. The fourth-order valence-electron chi connectivity index (χ4n) is 3.75. The maximum Gasteiger partial charge on any atom is 0.175 e. The lowest BCUT2D eigenvalue weighted by atomic mass is 9.77. The van der Waals surface area contributed by atoms with Crippen LogP contribution < -0.4 is 0 Å². The molecule has 156 valence electrons. The average molecular weight is 452 g/mol. The number of ketones is 1. The molecule has 1 aromatic heterocycles. The van der Waals surface area contributed by atoms with Crippen LogP contribution in [0, 0.1) is 11.3 Å². The molecule has 5 nitrogen and oxygen atoms in total. The normalized spacial score (nSPS) is 17.9. The van der Waals surface area contributed by atoms with Gasteiger partial charge in [-0.2, -0.15) is 0 Å². The summed E-state index contributed by atoms with van der Waals surface area (Å²) in [5.74, 6) is -1.12. The van der Waals surface area contributed by atoms with Gasteiger partial charge in [0.15, 0.2) is 11.4 Å². The molecule has 3 aromatic rings. The topological polar surface area (TPSA) is 79.0 Å². The van der Waals surface area contributed by atoms with Gasteiger partial charge < -0.3 is 15.1 Å². The van der Waals surface area contributed by atoms with Crippen LogP contribution in [0.25, 0.3) is 0 Å². The van der Waals surface area contributed by atoms with Crippen LogP contribution in [0.5, 0.6) is 0 Å². The Bertz CT molecular complexity index is 1230. The highest BCUT2D eigenvalue weighted by Crippen LogP contribution is 2.40. The van der Waals surface area contributed by atoms with Crippen LogP contribution in [-0.2, 0) is 12.6 Å². The number of nitrogens with one attached hydrogen (secondary N) is 1. The maximum atomic E-state index is 13.2. The lowest BCUT2D eigenvalue weighted by Gasteiger charge is -2.33. The highest BCUT2D eigenvalue weighted by molar-refractivity contribution is 6.31. The molecule has 0 radical (unpaired) electrons. The average Bonchev–Trinajstić information content (AvgIpc) is 3.20. The molecule has 7 heteroatoms. The number of hydrogen-bond acceptors (Lipinski definition) is 4. The Labute approximate surface area is 189 Å². The molecule has 0 fully saturated rings. The van der Waals surface area contributed by atoms with E-state index in [1.807, 2.05) is 0 Å². The summed E-state index contributed by atoms with van der Waals surface area (Å²) in [5.41, 5.74) is 0.502. The minimum atomic E-state index is -1.60. The van der Waals surface area contributed by atoms with Crippen LogP contribution in [0.4, 0.5) is 0 Å². The van der Waals surface area contributed by atoms with Crippen molar-refractivity contribution in [3.63, 3.8) is 0 Å². The van der Waals surface area contributed by atoms with Crippen molar-refractivity contribution >= 4 is 34.7 Å². The molecule has 0 amide bonds. The van der Waals surface area contributed by atoms with Gasteiger partial charge in [0, 0.05) is 28.4 Å². The number of allylic oxidation sites excluding steroid dienone is 2. The molecule has 0 bridgehead atoms. The van der Waals surface area contributed by atoms with Crippen LogP contribution in [0.2, 0.25) is 10.0 Å². The van der Waals surface area contributed by atoms with E-state index in [1.165, 1.54) is 0 Å². The van der Waals surface area contributed by atoms with Gasteiger partial charge in [-0.3, -0.25) is 4.79 Å².